The first-order chi connectivity index (χ1) is 10.1. The molecular formula is C19H19NO. The molecule has 0 radical (unpaired) electrons. The zero-order chi connectivity index (χ0) is 15.0. The number of para-hydroxylation sites is 1. The smallest absolute Gasteiger partial charge is 0.251 e. The van der Waals surface area contributed by atoms with Gasteiger partial charge in [0.25, 0.3) is 5.56 Å². The van der Waals surface area contributed by atoms with Crippen molar-refractivity contribution in [1.29, 1.82) is 0 Å². The van der Waals surface area contributed by atoms with Gasteiger partial charge in [-0.3, -0.25) is 4.79 Å². The highest BCUT2D eigenvalue weighted by Gasteiger charge is 2.09. The van der Waals surface area contributed by atoms with E-state index in [4.69, 9.17) is 0 Å². The largest absolute Gasteiger partial charge is 0.304 e. The van der Waals surface area contributed by atoms with Crippen LogP contribution in [0, 0.1) is 20.8 Å². The predicted molar refractivity (Wildman–Crippen MR) is 88.0 cm³/mol. The second-order valence-electron chi connectivity index (χ2n) is 5.71. The Hall–Kier alpha value is -2.35. The Morgan fingerprint density at radius 3 is 2.43 bits per heavy atom. The number of rotatable bonds is 2. The molecule has 0 aliphatic rings. The highest BCUT2D eigenvalue weighted by molar-refractivity contribution is 5.85. The molecule has 1 heterocycles. The van der Waals surface area contributed by atoms with Crippen molar-refractivity contribution in [3.63, 3.8) is 0 Å². The van der Waals surface area contributed by atoms with E-state index in [9.17, 15) is 4.79 Å². The lowest BCUT2D eigenvalue weighted by Gasteiger charge is -2.14. The molecule has 0 fully saturated rings. The summed E-state index contributed by atoms with van der Waals surface area (Å²) >= 11 is 0. The molecule has 0 aliphatic carbocycles. The third kappa shape index (κ3) is 2.49. The molecule has 2 heteroatoms. The van der Waals surface area contributed by atoms with Crippen molar-refractivity contribution >= 4 is 10.9 Å². The fourth-order valence-corrected chi connectivity index (χ4v) is 2.94. The van der Waals surface area contributed by atoms with Gasteiger partial charge < -0.3 is 4.57 Å². The number of benzene rings is 2. The van der Waals surface area contributed by atoms with Crippen molar-refractivity contribution in [3.05, 3.63) is 81.1 Å². The molecule has 21 heavy (non-hydrogen) atoms. The van der Waals surface area contributed by atoms with Crippen LogP contribution in [0.4, 0.5) is 0 Å². The molecule has 2 aromatic carbocycles. The summed E-state index contributed by atoms with van der Waals surface area (Å²) in [4.78, 5) is 12.5. The van der Waals surface area contributed by atoms with Gasteiger partial charge in [0.05, 0.1) is 12.1 Å². The Morgan fingerprint density at radius 2 is 1.67 bits per heavy atom. The normalized spacial score (nSPS) is 11.0. The molecule has 3 aromatic rings. The Balaban J connectivity index is 2.25. The molecule has 0 spiro atoms. The molecule has 106 valence electrons. The van der Waals surface area contributed by atoms with Crippen LogP contribution in [-0.4, -0.2) is 4.57 Å². The molecule has 0 bridgehead atoms. The summed E-state index contributed by atoms with van der Waals surface area (Å²) in [6, 6.07) is 16.3. The van der Waals surface area contributed by atoms with Crippen molar-refractivity contribution in [3.8, 4) is 0 Å². The maximum absolute atomic E-state index is 12.5. The van der Waals surface area contributed by atoms with E-state index in [1.54, 1.807) is 6.07 Å². The number of nitrogens with zero attached hydrogens (tertiary/aromatic N) is 1. The van der Waals surface area contributed by atoms with Gasteiger partial charge in [0, 0.05) is 11.5 Å². The van der Waals surface area contributed by atoms with E-state index in [-0.39, 0.29) is 5.56 Å². The van der Waals surface area contributed by atoms with Crippen molar-refractivity contribution in [2.45, 2.75) is 27.3 Å². The highest BCUT2D eigenvalue weighted by atomic mass is 16.1. The van der Waals surface area contributed by atoms with Gasteiger partial charge in [0.1, 0.15) is 0 Å². The summed E-state index contributed by atoms with van der Waals surface area (Å²) < 4.78 is 1.88. The third-order valence-corrected chi connectivity index (χ3v) is 3.96. The molecule has 0 saturated carbocycles. The lowest BCUT2D eigenvalue weighted by atomic mass is 10.1. The van der Waals surface area contributed by atoms with Gasteiger partial charge in [-0.2, -0.15) is 0 Å². The van der Waals surface area contributed by atoms with E-state index in [1.165, 1.54) is 5.56 Å². The minimum Gasteiger partial charge on any atom is -0.304 e. The van der Waals surface area contributed by atoms with Crippen LogP contribution in [-0.2, 0) is 6.54 Å². The van der Waals surface area contributed by atoms with Crippen LogP contribution in [0.15, 0.2) is 53.3 Å². The third-order valence-electron chi connectivity index (χ3n) is 3.96. The topological polar surface area (TPSA) is 22.0 Å². The maximum atomic E-state index is 12.5. The van der Waals surface area contributed by atoms with Crippen molar-refractivity contribution in [2.24, 2.45) is 0 Å². The van der Waals surface area contributed by atoms with Gasteiger partial charge in [-0.25, -0.2) is 0 Å². The maximum Gasteiger partial charge on any atom is 0.251 e. The first-order valence-electron chi connectivity index (χ1n) is 7.21. The number of fused-ring (bicyclic) bond motifs is 1. The van der Waals surface area contributed by atoms with Crippen LogP contribution in [0.5, 0.6) is 0 Å². The molecule has 0 atom stereocenters. The van der Waals surface area contributed by atoms with Crippen LogP contribution >= 0.6 is 0 Å². The van der Waals surface area contributed by atoms with Crippen molar-refractivity contribution in [1.82, 2.24) is 4.57 Å². The van der Waals surface area contributed by atoms with Gasteiger partial charge in [-0.15, -0.1) is 0 Å². The van der Waals surface area contributed by atoms with Crippen LogP contribution in [0.3, 0.4) is 0 Å². The van der Waals surface area contributed by atoms with Gasteiger partial charge in [-0.1, -0.05) is 48.0 Å². The van der Waals surface area contributed by atoms with Crippen LogP contribution in [0.25, 0.3) is 10.9 Å². The molecular weight excluding hydrogens is 258 g/mol. The van der Waals surface area contributed by atoms with Crippen LogP contribution < -0.4 is 5.56 Å². The Morgan fingerprint density at radius 1 is 0.905 bits per heavy atom. The zero-order valence-corrected chi connectivity index (χ0v) is 12.7. The van der Waals surface area contributed by atoms with E-state index in [2.05, 4.69) is 44.2 Å². The summed E-state index contributed by atoms with van der Waals surface area (Å²) in [7, 11) is 0. The number of aryl methyl sites for hydroxylation is 3. The summed E-state index contributed by atoms with van der Waals surface area (Å²) in [6.07, 6.45) is 0. The fraction of sp³-hybridized carbons (Fsp3) is 0.211. The lowest BCUT2D eigenvalue weighted by Crippen LogP contribution is -2.21. The van der Waals surface area contributed by atoms with Gasteiger partial charge >= 0.3 is 0 Å². The van der Waals surface area contributed by atoms with Gasteiger partial charge in [0.15, 0.2) is 0 Å². The van der Waals surface area contributed by atoms with E-state index in [0.717, 1.165) is 27.6 Å². The Kier molecular flexibility index (Phi) is 3.38. The highest BCUT2D eigenvalue weighted by Crippen LogP contribution is 2.21. The molecule has 3 rings (SSSR count). The first-order valence-corrected chi connectivity index (χ1v) is 7.21. The quantitative estimate of drug-likeness (QED) is 0.694. The molecule has 0 unspecified atom stereocenters. The number of hydrogen-bond acceptors (Lipinski definition) is 1. The number of hydrogen-bond donors (Lipinski definition) is 0. The molecule has 2 nitrogen and oxygen atoms in total. The standard InChI is InChI=1S/C19H19NO/c1-13-6-4-8-16(10-13)12-20-18(21)11-15(3)17-9-5-7-14(2)19(17)20/h4-11H,12H2,1-3H3. The molecule has 0 aliphatic heterocycles. The van der Waals surface area contributed by atoms with Gasteiger partial charge in [0.2, 0.25) is 0 Å². The van der Waals surface area contributed by atoms with Gasteiger partial charge in [-0.05, 0) is 37.5 Å². The molecule has 0 amide bonds. The Bertz CT molecular complexity index is 874. The van der Waals surface area contributed by atoms with E-state index in [1.807, 2.05) is 23.6 Å². The lowest BCUT2D eigenvalue weighted by molar-refractivity contribution is 0.790. The zero-order valence-electron chi connectivity index (χ0n) is 12.7. The fourth-order valence-electron chi connectivity index (χ4n) is 2.94. The summed E-state index contributed by atoms with van der Waals surface area (Å²) in [5.74, 6) is 0. The minimum atomic E-state index is 0.0656. The SMILES string of the molecule is Cc1cccc(Cn2c(=O)cc(C)c3cccc(C)c32)c1. The minimum absolute atomic E-state index is 0.0656. The molecule has 1 aromatic heterocycles. The van der Waals surface area contributed by atoms with Crippen LogP contribution in [0.1, 0.15) is 22.3 Å². The second kappa shape index (κ2) is 5.21. The Labute approximate surface area is 124 Å². The number of aromatic nitrogens is 1. The van der Waals surface area contributed by atoms with E-state index < -0.39 is 0 Å². The van der Waals surface area contributed by atoms with Crippen molar-refractivity contribution < 1.29 is 0 Å². The summed E-state index contributed by atoms with van der Waals surface area (Å²) in [5.41, 5.74) is 5.67. The van der Waals surface area contributed by atoms with Crippen molar-refractivity contribution in [2.75, 3.05) is 0 Å². The second-order valence-corrected chi connectivity index (χ2v) is 5.71. The van der Waals surface area contributed by atoms with Crippen LogP contribution in [0.2, 0.25) is 0 Å². The predicted octanol–water partition coefficient (Wildman–Crippen LogP) is 3.98. The summed E-state index contributed by atoms with van der Waals surface area (Å²) in [6.45, 7) is 6.75. The molecule has 0 saturated heterocycles. The molecule has 0 N–H and O–H groups in total. The monoisotopic (exact) mass is 277 g/mol. The van der Waals surface area contributed by atoms with E-state index >= 15 is 0 Å². The average Bonchev–Trinajstić information content (AvgIpc) is 2.44. The summed E-state index contributed by atoms with van der Waals surface area (Å²) in [5, 5.41) is 1.15. The first kappa shape index (κ1) is 13.6. The van der Waals surface area contributed by atoms with E-state index in [0.29, 0.717) is 6.54 Å². The number of pyridine rings is 1. The average molecular weight is 277 g/mol.